The molecule has 2 aliphatic rings. The third-order valence-corrected chi connectivity index (χ3v) is 7.09. The molecule has 36 heavy (non-hydrogen) atoms. The summed E-state index contributed by atoms with van der Waals surface area (Å²) in [6, 6.07) is 14.3. The summed E-state index contributed by atoms with van der Waals surface area (Å²) >= 11 is 0. The largest absolute Gasteiger partial charge is 0.497 e. The standard InChI is InChI=1S/C28H40N4O4/c1-20(2)36-26-8-6-5-7-25(26)32-17-15-31(16-18-32)22-11-9-21(10-12-22)29-28(33)30-24-14-13-23(34-3)19-27(24)35-4/h5-8,13-14,19-22H,9-12,15-18H2,1-4H3,(H2,29,30,33)/t21-,22-. The van der Waals surface area contributed by atoms with Gasteiger partial charge in [0.15, 0.2) is 0 Å². The van der Waals surface area contributed by atoms with Crippen LogP contribution in [0.2, 0.25) is 0 Å². The molecule has 0 radical (unpaired) electrons. The van der Waals surface area contributed by atoms with Crippen LogP contribution in [0.25, 0.3) is 0 Å². The van der Waals surface area contributed by atoms with Crippen LogP contribution < -0.4 is 29.7 Å². The van der Waals surface area contributed by atoms with Gasteiger partial charge in [-0.25, -0.2) is 4.79 Å². The van der Waals surface area contributed by atoms with Crippen LogP contribution in [0.15, 0.2) is 42.5 Å². The lowest BCUT2D eigenvalue weighted by Gasteiger charge is -2.43. The van der Waals surface area contributed by atoms with Crippen LogP contribution in [0.5, 0.6) is 17.2 Å². The van der Waals surface area contributed by atoms with E-state index in [2.05, 4.69) is 52.5 Å². The number of ether oxygens (including phenoxy) is 3. The number of anilines is 2. The van der Waals surface area contributed by atoms with Gasteiger partial charge >= 0.3 is 6.03 Å². The topological polar surface area (TPSA) is 75.3 Å². The molecule has 0 aromatic heterocycles. The number of hydrogen-bond donors (Lipinski definition) is 2. The second-order valence-corrected chi connectivity index (χ2v) is 9.83. The van der Waals surface area contributed by atoms with E-state index >= 15 is 0 Å². The number of piperazine rings is 1. The van der Waals surface area contributed by atoms with Crippen molar-refractivity contribution < 1.29 is 19.0 Å². The third kappa shape index (κ3) is 6.55. The second kappa shape index (κ2) is 12.2. The van der Waals surface area contributed by atoms with Gasteiger partial charge in [-0.1, -0.05) is 12.1 Å². The lowest BCUT2D eigenvalue weighted by molar-refractivity contribution is 0.137. The van der Waals surface area contributed by atoms with Crippen LogP contribution in [0, 0.1) is 0 Å². The SMILES string of the molecule is COc1ccc(NC(=O)N[C@H]2CC[C@H](N3CCN(c4ccccc4OC(C)C)CC3)CC2)c(OC)c1. The summed E-state index contributed by atoms with van der Waals surface area (Å²) in [7, 11) is 3.18. The highest BCUT2D eigenvalue weighted by Crippen LogP contribution is 2.32. The van der Waals surface area contributed by atoms with Crippen LogP contribution in [-0.4, -0.2) is 69.5 Å². The zero-order valence-corrected chi connectivity index (χ0v) is 22.0. The van der Waals surface area contributed by atoms with Crippen LogP contribution in [0.4, 0.5) is 16.2 Å². The molecule has 2 fully saturated rings. The maximum absolute atomic E-state index is 12.6. The summed E-state index contributed by atoms with van der Waals surface area (Å²) in [5.41, 5.74) is 1.82. The lowest BCUT2D eigenvalue weighted by atomic mass is 9.90. The first-order valence-corrected chi connectivity index (χ1v) is 13.0. The number of methoxy groups -OCH3 is 2. The highest BCUT2D eigenvalue weighted by Gasteiger charge is 2.29. The average molecular weight is 497 g/mol. The van der Waals surface area contributed by atoms with Gasteiger partial charge in [-0.3, -0.25) is 4.90 Å². The molecule has 0 atom stereocenters. The van der Waals surface area contributed by atoms with E-state index in [1.165, 1.54) is 5.69 Å². The van der Waals surface area contributed by atoms with Gasteiger partial charge in [-0.15, -0.1) is 0 Å². The van der Waals surface area contributed by atoms with Crippen molar-refractivity contribution in [3.05, 3.63) is 42.5 Å². The Hall–Kier alpha value is -3.13. The zero-order valence-electron chi connectivity index (χ0n) is 22.0. The Bertz CT molecular complexity index is 999. The molecule has 2 aromatic carbocycles. The predicted molar refractivity (Wildman–Crippen MR) is 144 cm³/mol. The molecule has 2 amide bonds. The minimum atomic E-state index is -0.196. The first-order valence-electron chi connectivity index (χ1n) is 13.0. The number of nitrogens with one attached hydrogen (secondary N) is 2. The summed E-state index contributed by atoms with van der Waals surface area (Å²) in [5, 5.41) is 6.06. The average Bonchev–Trinajstić information content (AvgIpc) is 2.89. The Morgan fingerprint density at radius 2 is 1.64 bits per heavy atom. The molecular formula is C28H40N4O4. The van der Waals surface area contributed by atoms with E-state index in [4.69, 9.17) is 14.2 Å². The van der Waals surface area contributed by atoms with Gasteiger partial charge in [0.25, 0.3) is 0 Å². The molecule has 8 nitrogen and oxygen atoms in total. The molecule has 1 aliphatic heterocycles. The molecule has 1 heterocycles. The number of urea groups is 1. The van der Waals surface area contributed by atoms with Crippen molar-refractivity contribution in [3.63, 3.8) is 0 Å². The van der Waals surface area contributed by atoms with Gasteiger partial charge in [-0.05, 0) is 63.8 Å². The molecule has 1 aliphatic carbocycles. The van der Waals surface area contributed by atoms with Gasteiger partial charge in [0.1, 0.15) is 17.2 Å². The first-order chi connectivity index (χ1) is 17.5. The summed E-state index contributed by atoms with van der Waals surface area (Å²) in [5.74, 6) is 2.23. The Balaban J connectivity index is 1.23. The van der Waals surface area contributed by atoms with Gasteiger partial charge in [0.05, 0.1) is 31.7 Å². The number of carbonyl (C=O) groups excluding carboxylic acids is 1. The fourth-order valence-corrected chi connectivity index (χ4v) is 5.23. The number of benzene rings is 2. The van der Waals surface area contributed by atoms with Gasteiger partial charge in [0.2, 0.25) is 0 Å². The minimum Gasteiger partial charge on any atom is -0.497 e. The molecule has 0 spiro atoms. The molecule has 4 rings (SSSR count). The van der Waals surface area contributed by atoms with Gasteiger partial charge < -0.3 is 29.7 Å². The Labute approximate surface area is 214 Å². The van der Waals surface area contributed by atoms with Crippen molar-refractivity contribution in [2.24, 2.45) is 0 Å². The van der Waals surface area contributed by atoms with E-state index < -0.39 is 0 Å². The van der Waals surface area contributed by atoms with Gasteiger partial charge in [-0.2, -0.15) is 0 Å². The number of hydrogen-bond acceptors (Lipinski definition) is 6. The molecular weight excluding hydrogens is 456 g/mol. The van der Waals surface area contributed by atoms with E-state index in [1.807, 2.05) is 6.07 Å². The maximum Gasteiger partial charge on any atom is 0.319 e. The first kappa shape index (κ1) is 25.9. The third-order valence-electron chi connectivity index (χ3n) is 7.09. The number of para-hydroxylation sites is 2. The van der Waals surface area contributed by atoms with Crippen LogP contribution >= 0.6 is 0 Å². The summed E-state index contributed by atoms with van der Waals surface area (Å²) in [6.07, 6.45) is 4.34. The number of nitrogens with zero attached hydrogens (tertiary/aromatic N) is 2. The fraction of sp³-hybridized carbons (Fsp3) is 0.536. The molecule has 1 saturated heterocycles. The number of rotatable bonds is 8. The van der Waals surface area contributed by atoms with Crippen molar-refractivity contribution in [1.29, 1.82) is 0 Å². The van der Waals surface area contributed by atoms with Crippen LogP contribution in [0.3, 0.4) is 0 Å². The maximum atomic E-state index is 12.6. The van der Waals surface area contributed by atoms with Crippen molar-refractivity contribution in [2.75, 3.05) is 50.6 Å². The molecule has 2 aromatic rings. The van der Waals surface area contributed by atoms with Crippen molar-refractivity contribution in [3.8, 4) is 17.2 Å². The van der Waals surface area contributed by atoms with E-state index in [1.54, 1.807) is 32.4 Å². The fourth-order valence-electron chi connectivity index (χ4n) is 5.23. The molecule has 8 heteroatoms. The van der Waals surface area contributed by atoms with E-state index in [9.17, 15) is 4.79 Å². The highest BCUT2D eigenvalue weighted by molar-refractivity contribution is 5.91. The van der Waals surface area contributed by atoms with Crippen LogP contribution in [-0.2, 0) is 0 Å². The number of amides is 2. The predicted octanol–water partition coefficient (Wildman–Crippen LogP) is 4.75. The van der Waals surface area contributed by atoms with Crippen molar-refractivity contribution in [2.45, 2.75) is 57.7 Å². The smallest absolute Gasteiger partial charge is 0.319 e. The van der Waals surface area contributed by atoms with Crippen LogP contribution in [0.1, 0.15) is 39.5 Å². The monoisotopic (exact) mass is 496 g/mol. The van der Waals surface area contributed by atoms with E-state index in [0.717, 1.165) is 57.6 Å². The molecule has 196 valence electrons. The van der Waals surface area contributed by atoms with Crippen molar-refractivity contribution in [1.82, 2.24) is 10.2 Å². The Morgan fingerprint density at radius 1 is 0.917 bits per heavy atom. The second-order valence-electron chi connectivity index (χ2n) is 9.83. The summed E-state index contributed by atoms with van der Waals surface area (Å²) in [4.78, 5) is 17.7. The zero-order chi connectivity index (χ0) is 25.5. The lowest BCUT2D eigenvalue weighted by Crippen LogP contribution is -2.52. The summed E-state index contributed by atoms with van der Waals surface area (Å²) < 4.78 is 16.6. The summed E-state index contributed by atoms with van der Waals surface area (Å²) in [6.45, 7) is 8.25. The molecule has 0 unspecified atom stereocenters. The van der Waals surface area contributed by atoms with Gasteiger partial charge in [0, 0.05) is 44.3 Å². The number of carbonyl (C=O) groups is 1. The van der Waals surface area contributed by atoms with Crippen molar-refractivity contribution >= 4 is 17.4 Å². The Morgan fingerprint density at radius 3 is 2.31 bits per heavy atom. The molecule has 1 saturated carbocycles. The molecule has 0 bridgehead atoms. The van der Waals surface area contributed by atoms with E-state index in [-0.39, 0.29) is 18.2 Å². The molecule has 2 N–H and O–H groups in total. The van der Waals surface area contributed by atoms with E-state index in [0.29, 0.717) is 23.2 Å². The highest BCUT2D eigenvalue weighted by atomic mass is 16.5. The normalized spacial score (nSPS) is 20.6. The Kier molecular flexibility index (Phi) is 8.80. The minimum absolute atomic E-state index is 0.163. The quantitative estimate of drug-likeness (QED) is 0.550.